The number of rotatable bonds is 15. The zero-order valence-corrected chi connectivity index (χ0v) is 18.3. The predicted octanol–water partition coefficient (Wildman–Crippen LogP) is -1.93. The lowest BCUT2D eigenvalue weighted by Crippen LogP contribution is -2.56. The fraction of sp³-hybridized carbons (Fsp3) is 0.556. The molecule has 0 aliphatic carbocycles. The summed E-state index contributed by atoms with van der Waals surface area (Å²) in [6.07, 6.45) is 4.02. The molecule has 14 heteroatoms. The van der Waals surface area contributed by atoms with Crippen molar-refractivity contribution in [1.82, 2.24) is 25.9 Å². The van der Waals surface area contributed by atoms with Crippen molar-refractivity contribution >= 4 is 41.4 Å². The van der Waals surface area contributed by atoms with Crippen LogP contribution in [0.2, 0.25) is 0 Å². The number of nitrogens with zero attached hydrogens (tertiary/aromatic N) is 1. The molecule has 32 heavy (non-hydrogen) atoms. The second kappa shape index (κ2) is 14.0. The zero-order valence-electron chi connectivity index (χ0n) is 17.5. The van der Waals surface area contributed by atoms with E-state index in [-0.39, 0.29) is 25.8 Å². The molecule has 0 saturated carbocycles. The van der Waals surface area contributed by atoms with Crippen molar-refractivity contribution in [2.24, 2.45) is 5.73 Å². The van der Waals surface area contributed by atoms with Crippen LogP contribution in [0.15, 0.2) is 12.5 Å². The van der Waals surface area contributed by atoms with Gasteiger partial charge < -0.3 is 36.9 Å². The van der Waals surface area contributed by atoms with E-state index >= 15 is 0 Å². The molecule has 0 bridgehead atoms. The highest BCUT2D eigenvalue weighted by atomic mass is 32.2. The number of carbonyl (C=O) groups excluding carboxylic acids is 3. The molecule has 13 nitrogen and oxygen atoms in total. The molecule has 0 fully saturated rings. The summed E-state index contributed by atoms with van der Waals surface area (Å²) in [5, 5.41) is 25.6. The van der Waals surface area contributed by atoms with E-state index in [0.717, 1.165) is 0 Å². The number of carboxylic acid groups (broad SMARTS) is 2. The molecule has 8 N–H and O–H groups in total. The third-order valence-electron chi connectivity index (χ3n) is 4.32. The number of hydrogen-bond donors (Lipinski definition) is 7. The Hall–Kier alpha value is -3.13. The van der Waals surface area contributed by atoms with Gasteiger partial charge in [0.15, 0.2) is 0 Å². The molecule has 0 radical (unpaired) electrons. The van der Waals surface area contributed by atoms with Crippen LogP contribution in [0.5, 0.6) is 0 Å². The summed E-state index contributed by atoms with van der Waals surface area (Å²) in [5.74, 6) is -4.11. The van der Waals surface area contributed by atoms with Gasteiger partial charge in [-0.2, -0.15) is 11.8 Å². The van der Waals surface area contributed by atoms with Crippen molar-refractivity contribution in [1.29, 1.82) is 0 Å². The molecule has 0 spiro atoms. The minimum atomic E-state index is -1.34. The maximum Gasteiger partial charge on any atom is 0.326 e. The fourth-order valence-electron chi connectivity index (χ4n) is 2.66. The number of nitrogens with one attached hydrogen (secondary N) is 4. The average molecular weight is 473 g/mol. The number of carbonyl (C=O) groups is 5. The number of imidazole rings is 1. The SMILES string of the molecule is CSCCC(NC(=O)CN)C(=O)NC(CCC(=O)O)C(=O)NC(Cc1cnc[nH]1)C(=O)O. The second-order valence-corrected chi connectivity index (χ2v) is 7.77. The number of carboxylic acids is 2. The smallest absolute Gasteiger partial charge is 0.326 e. The van der Waals surface area contributed by atoms with Crippen LogP contribution in [0.3, 0.4) is 0 Å². The normalized spacial score (nSPS) is 13.4. The number of aliphatic carboxylic acids is 2. The maximum absolute atomic E-state index is 12.7. The van der Waals surface area contributed by atoms with E-state index in [2.05, 4.69) is 25.9 Å². The van der Waals surface area contributed by atoms with Crippen LogP contribution >= 0.6 is 11.8 Å². The molecular formula is C18H28N6O7S. The van der Waals surface area contributed by atoms with Crippen molar-refractivity contribution in [2.45, 2.75) is 43.8 Å². The Morgan fingerprint density at radius 2 is 1.69 bits per heavy atom. The highest BCUT2D eigenvalue weighted by molar-refractivity contribution is 7.98. The van der Waals surface area contributed by atoms with Gasteiger partial charge in [-0.15, -0.1) is 0 Å². The van der Waals surface area contributed by atoms with Gasteiger partial charge in [-0.1, -0.05) is 0 Å². The first-order chi connectivity index (χ1) is 15.2. The monoisotopic (exact) mass is 472 g/mol. The number of hydrogen-bond acceptors (Lipinski definition) is 8. The first-order valence-electron chi connectivity index (χ1n) is 9.68. The lowest BCUT2D eigenvalue weighted by atomic mass is 10.1. The van der Waals surface area contributed by atoms with Gasteiger partial charge >= 0.3 is 11.9 Å². The second-order valence-electron chi connectivity index (χ2n) is 6.78. The minimum absolute atomic E-state index is 0.0937. The number of aromatic nitrogens is 2. The van der Waals surface area contributed by atoms with E-state index in [4.69, 9.17) is 10.8 Å². The van der Waals surface area contributed by atoms with E-state index in [1.54, 1.807) is 0 Å². The summed E-state index contributed by atoms with van der Waals surface area (Å²) in [6.45, 7) is -0.333. The standard InChI is InChI=1S/C18H28N6O7S/c1-32-5-4-12(22-14(25)7-19)17(29)23-11(2-3-15(26)27)16(28)24-13(18(30)31)6-10-8-20-9-21-10/h8-9,11-13H,2-7,19H2,1H3,(H,20,21)(H,22,25)(H,23,29)(H,24,28)(H,26,27)(H,30,31). The van der Waals surface area contributed by atoms with E-state index in [0.29, 0.717) is 11.4 Å². The topological polar surface area (TPSA) is 217 Å². The van der Waals surface area contributed by atoms with Crippen LogP contribution in [0, 0.1) is 0 Å². The van der Waals surface area contributed by atoms with Crippen LogP contribution < -0.4 is 21.7 Å². The third kappa shape index (κ3) is 9.78. The van der Waals surface area contributed by atoms with Gasteiger partial charge in [0.25, 0.3) is 0 Å². The Morgan fingerprint density at radius 3 is 2.19 bits per heavy atom. The summed E-state index contributed by atoms with van der Waals surface area (Å²) < 4.78 is 0. The summed E-state index contributed by atoms with van der Waals surface area (Å²) >= 11 is 1.44. The first-order valence-corrected chi connectivity index (χ1v) is 11.1. The molecule has 1 heterocycles. The molecule has 178 valence electrons. The van der Waals surface area contributed by atoms with Crippen LogP contribution in [0.4, 0.5) is 0 Å². The lowest BCUT2D eigenvalue weighted by molar-refractivity contribution is -0.143. The predicted molar refractivity (Wildman–Crippen MR) is 115 cm³/mol. The first kappa shape index (κ1) is 26.9. The third-order valence-corrected chi connectivity index (χ3v) is 4.97. The Balaban J connectivity index is 2.93. The average Bonchev–Trinajstić information content (AvgIpc) is 3.25. The Labute approximate surface area is 188 Å². The van der Waals surface area contributed by atoms with Crippen molar-refractivity contribution in [3.05, 3.63) is 18.2 Å². The summed E-state index contributed by atoms with van der Waals surface area (Å²) in [5.41, 5.74) is 5.74. The lowest BCUT2D eigenvalue weighted by Gasteiger charge is -2.24. The van der Waals surface area contributed by atoms with Crippen molar-refractivity contribution in [3.8, 4) is 0 Å². The van der Waals surface area contributed by atoms with Crippen LogP contribution in [-0.4, -0.2) is 86.5 Å². The molecule has 3 amide bonds. The van der Waals surface area contributed by atoms with E-state index < -0.39 is 54.2 Å². The van der Waals surface area contributed by atoms with Gasteiger partial charge in [-0.3, -0.25) is 19.2 Å². The van der Waals surface area contributed by atoms with Crippen molar-refractivity contribution in [3.63, 3.8) is 0 Å². The van der Waals surface area contributed by atoms with E-state index in [1.165, 1.54) is 24.3 Å². The van der Waals surface area contributed by atoms with Gasteiger partial charge in [0, 0.05) is 24.7 Å². The summed E-state index contributed by atoms with van der Waals surface area (Å²) in [4.78, 5) is 66.1. The molecule has 3 atom stereocenters. The molecule has 0 aromatic carbocycles. The van der Waals surface area contributed by atoms with Gasteiger partial charge in [0.1, 0.15) is 18.1 Å². The van der Waals surface area contributed by atoms with Gasteiger partial charge in [-0.25, -0.2) is 9.78 Å². The molecule has 0 aliphatic heterocycles. The number of H-pyrrole nitrogens is 1. The minimum Gasteiger partial charge on any atom is -0.481 e. The fourth-order valence-corrected chi connectivity index (χ4v) is 3.13. The Morgan fingerprint density at radius 1 is 1.06 bits per heavy atom. The summed E-state index contributed by atoms with van der Waals surface area (Å²) in [6, 6.07) is -3.65. The van der Waals surface area contributed by atoms with Crippen LogP contribution in [-0.2, 0) is 30.4 Å². The highest BCUT2D eigenvalue weighted by Gasteiger charge is 2.30. The summed E-state index contributed by atoms with van der Waals surface area (Å²) in [7, 11) is 0. The van der Waals surface area contributed by atoms with E-state index in [1.807, 2.05) is 6.26 Å². The Bertz CT molecular complexity index is 789. The number of amides is 3. The van der Waals surface area contributed by atoms with Crippen LogP contribution in [0.25, 0.3) is 0 Å². The quantitative estimate of drug-likeness (QED) is 0.150. The van der Waals surface area contributed by atoms with Gasteiger partial charge in [-0.05, 0) is 24.9 Å². The number of thioether (sulfide) groups is 1. The molecular weight excluding hydrogens is 444 g/mol. The van der Waals surface area contributed by atoms with E-state index in [9.17, 15) is 29.1 Å². The highest BCUT2D eigenvalue weighted by Crippen LogP contribution is 2.06. The molecule has 1 aromatic rings. The molecule has 1 rings (SSSR count). The largest absolute Gasteiger partial charge is 0.481 e. The zero-order chi connectivity index (χ0) is 24.1. The molecule has 0 aliphatic rings. The van der Waals surface area contributed by atoms with Crippen LogP contribution in [0.1, 0.15) is 25.0 Å². The van der Waals surface area contributed by atoms with Crippen molar-refractivity contribution < 1.29 is 34.2 Å². The van der Waals surface area contributed by atoms with Gasteiger partial charge in [0.2, 0.25) is 17.7 Å². The maximum atomic E-state index is 12.7. The number of nitrogens with two attached hydrogens (primary N) is 1. The molecule has 1 aromatic heterocycles. The van der Waals surface area contributed by atoms with Crippen molar-refractivity contribution in [2.75, 3.05) is 18.6 Å². The Kier molecular flexibility index (Phi) is 11.8. The number of aromatic amines is 1. The molecule has 3 unspecified atom stereocenters. The molecule has 0 saturated heterocycles. The van der Waals surface area contributed by atoms with Gasteiger partial charge in [0.05, 0.1) is 12.9 Å².